The molecule has 1 fully saturated rings. The molecule has 0 spiro atoms. The number of benzene rings is 2. The number of aryl methyl sites for hydroxylation is 1. The number of rotatable bonds is 3. The summed E-state index contributed by atoms with van der Waals surface area (Å²) in [6.45, 7) is 3.04. The lowest BCUT2D eigenvalue weighted by Gasteiger charge is -2.49. The van der Waals surface area contributed by atoms with Gasteiger partial charge in [0.2, 0.25) is 0 Å². The lowest BCUT2D eigenvalue weighted by Crippen LogP contribution is -2.44. The third kappa shape index (κ3) is 2.78. The highest BCUT2D eigenvalue weighted by molar-refractivity contribution is 5.43. The summed E-state index contributed by atoms with van der Waals surface area (Å²) in [5.74, 6) is 2.82. The highest BCUT2D eigenvalue weighted by Crippen LogP contribution is 2.59. The van der Waals surface area contributed by atoms with Crippen molar-refractivity contribution >= 4 is 0 Å². The maximum absolute atomic E-state index is 12.9. The van der Waals surface area contributed by atoms with Crippen LogP contribution in [0.4, 0.5) is 0 Å². The second-order valence-electron chi connectivity index (χ2n) is 10.4. The first-order valence-electron chi connectivity index (χ1n) is 12.0. The average Bonchev–Trinajstić information content (AvgIpc) is 3.25. The summed E-state index contributed by atoms with van der Waals surface area (Å²) < 4.78 is 10.0. The van der Waals surface area contributed by atoms with Crippen LogP contribution in [0.15, 0.2) is 53.3 Å². The van der Waals surface area contributed by atoms with Gasteiger partial charge in [0, 0.05) is 30.8 Å². The molecule has 1 heterocycles. The fourth-order valence-electron chi connectivity index (χ4n) is 7.28. The molecule has 32 heavy (non-hydrogen) atoms. The zero-order valence-corrected chi connectivity index (χ0v) is 19.3. The van der Waals surface area contributed by atoms with Gasteiger partial charge in [0.05, 0.1) is 0 Å². The van der Waals surface area contributed by atoms with E-state index >= 15 is 0 Å². The van der Waals surface area contributed by atoms with E-state index in [-0.39, 0.29) is 11.0 Å². The Morgan fingerprint density at radius 2 is 1.88 bits per heavy atom. The second kappa shape index (κ2) is 7.13. The van der Waals surface area contributed by atoms with Gasteiger partial charge in [-0.15, -0.1) is 0 Å². The largest absolute Gasteiger partial charge is 0.489 e. The van der Waals surface area contributed by atoms with Gasteiger partial charge >= 0.3 is 0 Å². The molecule has 3 aliphatic rings. The molecule has 0 amide bonds. The molecular weight excluding hydrogens is 396 g/mol. The van der Waals surface area contributed by atoms with Gasteiger partial charge in [0.1, 0.15) is 12.4 Å². The highest BCUT2D eigenvalue weighted by atomic mass is 16.5. The van der Waals surface area contributed by atoms with Crippen molar-refractivity contribution in [2.75, 3.05) is 0 Å². The van der Waals surface area contributed by atoms with Crippen LogP contribution in [-0.2, 0) is 39.0 Å². The van der Waals surface area contributed by atoms with Crippen LogP contribution in [0.2, 0.25) is 0 Å². The summed E-state index contributed by atoms with van der Waals surface area (Å²) >= 11 is 0. The summed E-state index contributed by atoms with van der Waals surface area (Å²) in [6.07, 6.45) is 5.65. The normalized spacial score (nSPS) is 27.9. The van der Waals surface area contributed by atoms with Gasteiger partial charge in [0.15, 0.2) is 0 Å². The fourth-order valence-corrected chi connectivity index (χ4v) is 7.28. The zero-order chi connectivity index (χ0) is 22.0. The van der Waals surface area contributed by atoms with Gasteiger partial charge in [-0.25, -0.2) is 0 Å². The molecule has 0 N–H and O–H groups in total. The van der Waals surface area contributed by atoms with Crippen molar-refractivity contribution < 1.29 is 4.74 Å². The van der Waals surface area contributed by atoms with E-state index in [4.69, 9.17) is 4.74 Å². The van der Waals surface area contributed by atoms with E-state index in [1.54, 1.807) is 4.68 Å². The molecule has 0 bridgehead atoms. The molecule has 3 aromatic rings. The lowest BCUT2D eigenvalue weighted by molar-refractivity contribution is 0.0992. The van der Waals surface area contributed by atoms with E-state index in [0.29, 0.717) is 24.4 Å². The van der Waals surface area contributed by atoms with E-state index in [1.165, 1.54) is 35.2 Å². The van der Waals surface area contributed by atoms with Crippen molar-refractivity contribution in [1.29, 1.82) is 0 Å². The number of aromatic nitrogens is 2. The molecule has 3 aliphatic carbocycles. The monoisotopic (exact) mass is 428 g/mol. The maximum atomic E-state index is 12.9. The lowest BCUT2D eigenvalue weighted by atomic mass is 9.55. The van der Waals surface area contributed by atoms with Gasteiger partial charge in [-0.1, -0.05) is 43.3 Å². The van der Waals surface area contributed by atoms with Crippen molar-refractivity contribution in [3.05, 3.63) is 86.8 Å². The Balaban J connectivity index is 1.26. The summed E-state index contributed by atoms with van der Waals surface area (Å²) in [5.41, 5.74) is 6.92. The van der Waals surface area contributed by atoms with Crippen molar-refractivity contribution in [3.8, 4) is 5.75 Å². The Morgan fingerprint density at radius 1 is 1.06 bits per heavy atom. The Bertz CT molecular complexity index is 1240. The summed E-state index contributed by atoms with van der Waals surface area (Å²) in [7, 11) is 3.96. The Hall–Kier alpha value is -2.75. The minimum Gasteiger partial charge on any atom is -0.489 e. The Labute approximate surface area is 189 Å². The first-order chi connectivity index (χ1) is 15.5. The summed E-state index contributed by atoms with van der Waals surface area (Å²) in [6, 6.07) is 17.1. The van der Waals surface area contributed by atoms with Gasteiger partial charge in [-0.2, -0.15) is 0 Å². The molecule has 6 rings (SSSR count). The van der Waals surface area contributed by atoms with Gasteiger partial charge in [0.25, 0.3) is 5.56 Å². The van der Waals surface area contributed by atoms with Crippen molar-refractivity contribution in [1.82, 2.24) is 9.36 Å². The SMILES string of the molecule is Cn1c2c(c(=O)n1C)CC1C3CCc4cc(OCc5ccccc5)ccc4C3CCC21C. The zero-order valence-electron chi connectivity index (χ0n) is 19.3. The van der Waals surface area contributed by atoms with E-state index in [2.05, 4.69) is 61.1 Å². The Morgan fingerprint density at radius 3 is 2.69 bits per heavy atom. The molecule has 2 aromatic carbocycles. The molecule has 4 nitrogen and oxygen atoms in total. The first kappa shape index (κ1) is 19.9. The number of hydrogen-bond acceptors (Lipinski definition) is 2. The number of hydrogen-bond donors (Lipinski definition) is 0. The van der Waals surface area contributed by atoms with Crippen LogP contribution in [-0.4, -0.2) is 9.36 Å². The number of ether oxygens (including phenoxy) is 1. The fraction of sp³-hybridized carbons (Fsp3) is 0.464. The predicted molar refractivity (Wildman–Crippen MR) is 126 cm³/mol. The number of nitrogens with zero attached hydrogens (tertiary/aromatic N) is 2. The highest BCUT2D eigenvalue weighted by Gasteiger charge is 2.55. The number of fused-ring (bicyclic) bond motifs is 7. The molecule has 1 aromatic heterocycles. The smallest absolute Gasteiger partial charge is 0.269 e. The first-order valence-corrected chi connectivity index (χ1v) is 12.0. The predicted octanol–water partition coefficient (Wildman–Crippen LogP) is 4.87. The summed E-state index contributed by atoms with van der Waals surface area (Å²) in [4.78, 5) is 12.9. The third-order valence-electron chi connectivity index (χ3n) is 8.91. The Kier molecular flexibility index (Phi) is 4.43. The van der Waals surface area contributed by atoms with Crippen LogP contribution in [0.3, 0.4) is 0 Å². The van der Waals surface area contributed by atoms with Crippen LogP contribution in [0.25, 0.3) is 0 Å². The topological polar surface area (TPSA) is 36.2 Å². The van der Waals surface area contributed by atoms with Crippen LogP contribution < -0.4 is 10.3 Å². The van der Waals surface area contributed by atoms with Crippen molar-refractivity contribution in [3.63, 3.8) is 0 Å². The van der Waals surface area contributed by atoms with E-state index in [1.807, 2.05) is 13.1 Å². The minimum absolute atomic E-state index is 0.127. The minimum atomic E-state index is 0.127. The molecule has 0 saturated heterocycles. The van der Waals surface area contributed by atoms with E-state index < -0.39 is 0 Å². The van der Waals surface area contributed by atoms with E-state index in [0.717, 1.165) is 30.6 Å². The van der Waals surface area contributed by atoms with Gasteiger partial charge in [-0.3, -0.25) is 14.2 Å². The molecule has 4 atom stereocenters. The van der Waals surface area contributed by atoms with E-state index in [9.17, 15) is 4.79 Å². The van der Waals surface area contributed by atoms with Crippen LogP contribution >= 0.6 is 0 Å². The van der Waals surface area contributed by atoms with Crippen molar-refractivity contribution in [2.45, 2.75) is 57.0 Å². The molecular formula is C28H32N2O2. The van der Waals surface area contributed by atoms with Crippen LogP contribution in [0.5, 0.6) is 5.75 Å². The molecule has 0 aliphatic heterocycles. The standard InChI is InChI=1S/C28H32N2O2/c1-28-14-13-22-21-12-10-20(32-17-18-7-5-4-6-8-18)15-19(21)9-11-23(22)25(28)16-24-26(28)29(2)30(3)27(24)31/h4-8,10,12,15,22-23,25H,9,11,13-14,16-17H2,1-3H3. The molecule has 4 unspecified atom stereocenters. The quantitative estimate of drug-likeness (QED) is 0.597. The second-order valence-corrected chi connectivity index (χ2v) is 10.4. The molecule has 0 radical (unpaired) electrons. The average molecular weight is 429 g/mol. The summed E-state index contributed by atoms with van der Waals surface area (Å²) in [5, 5.41) is 0. The van der Waals surface area contributed by atoms with Gasteiger partial charge < -0.3 is 4.74 Å². The van der Waals surface area contributed by atoms with Crippen LogP contribution in [0, 0.1) is 11.8 Å². The molecule has 1 saturated carbocycles. The maximum Gasteiger partial charge on any atom is 0.269 e. The van der Waals surface area contributed by atoms with Gasteiger partial charge in [-0.05, 0) is 78.7 Å². The third-order valence-corrected chi connectivity index (χ3v) is 8.91. The molecule has 4 heteroatoms. The molecule has 166 valence electrons. The van der Waals surface area contributed by atoms with Crippen molar-refractivity contribution in [2.24, 2.45) is 25.9 Å². The van der Waals surface area contributed by atoms with Crippen LogP contribution in [0.1, 0.15) is 60.1 Å².